The maximum absolute atomic E-state index is 10.6. The second kappa shape index (κ2) is 6.44. The molecule has 0 saturated carbocycles. The predicted molar refractivity (Wildman–Crippen MR) is 99.4 cm³/mol. The minimum Gasteiger partial charge on any atom is -0.508 e. The van der Waals surface area contributed by atoms with Crippen LogP contribution in [0.1, 0.15) is 12.5 Å². The van der Waals surface area contributed by atoms with Gasteiger partial charge in [-0.05, 0) is 46.9 Å². The van der Waals surface area contributed by atoms with Gasteiger partial charge in [0.05, 0.1) is 0 Å². The summed E-state index contributed by atoms with van der Waals surface area (Å²) in [7, 11) is 2.62. The predicted octanol–water partition coefficient (Wildman–Crippen LogP) is 4.49. The summed E-state index contributed by atoms with van der Waals surface area (Å²) in [4.78, 5) is 0. The number of hydrogen-bond donors (Lipinski definition) is 2. The smallest absolute Gasteiger partial charge is 0.131 e. The molecule has 116 valence electrons. The van der Waals surface area contributed by atoms with Gasteiger partial charge in [0.25, 0.3) is 0 Å². The van der Waals surface area contributed by atoms with E-state index < -0.39 is 0 Å². The molecule has 23 heavy (non-hydrogen) atoms. The molecule has 0 fully saturated rings. The number of hydrogen-bond acceptors (Lipinski definition) is 2. The van der Waals surface area contributed by atoms with Crippen LogP contribution in [0.4, 0.5) is 0 Å². The lowest BCUT2D eigenvalue weighted by atomic mass is 9.98. The van der Waals surface area contributed by atoms with E-state index in [1.54, 1.807) is 12.1 Å². The van der Waals surface area contributed by atoms with Crippen LogP contribution in [-0.4, -0.2) is 10.2 Å². The normalized spacial score (nSPS) is 10.7. The minimum absolute atomic E-state index is 0.232. The van der Waals surface area contributed by atoms with E-state index in [1.165, 1.54) is 5.56 Å². The highest BCUT2D eigenvalue weighted by Gasteiger charge is 2.12. The highest BCUT2D eigenvalue weighted by atomic mass is 31.0. The SMILES string of the molecule is CCc1ccc(-c2ccc(-c3ccc(O)cc3)c(P)c2O)cc1. The van der Waals surface area contributed by atoms with Crippen molar-refractivity contribution in [1.82, 2.24) is 0 Å². The van der Waals surface area contributed by atoms with Gasteiger partial charge >= 0.3 is 0 Å². The monoisotopic (exact) mass is 322 g/mol. The van der Waals surface area contributed by atoms with Crippen molar-refractivity contribution in [3.05, 3.63) is 66.2 Å². The molecule has 0 saturated heterocycles. The van der Waals surface area contributed by atoms with E-state index in [1.807, 2.05) is 36.4 Å². The number of phenols is 2. The largest absolute Gasteiger partial charge is 0.508 e. The fourth-order valence-electron chi connectivity index (χ4n) is 2.65. The third-order valence-electron chi connectivity index (χ3n) is 4.07. The zero-order valence-corrected chi connectivity index (χ0v) is 14.1. The van der Waals surface area contributed by atoms with Crippen LogP contribution in [0.5, 0.6) is 11.5 Å². The number of aromatic hydroxyl groups is 2. The van der Waals surface area contributed by atoms with Crippen molar-refractivity contribution in [1.29, 1.82) is 0 Å². The molecule has 0 aromatic heterocycles. The van der Waals surface area contributed by atoms with Crippen molar-refractivity contribution < 1.29 is 10.2 Å². The maximum Gasteiger partial charge on any atom is 0.131 e. The molecule has 1 unspecified atom stereocenters. The molecule has 0 aliphatic carbocycles. The molecule has 0 heterocycles. The Balaban J connectivity index is 2.04. The zero-order valence-electron chi connectivity index (χ0n) is 13.0. The van der Waals surface area contributed by atoms with Crippen molar-refractivity contribution >= 4 is 14.5 Å². The van der Waals surface area contributed by atoms with Crippen LogP contribution in [0.2, 0.25) is 0 Å². The summed E-state index contributed by atoms with van der Waals surface area (Å²) in [5.41, 5.74) is 4.98. The van der Waals surface area contributed by atoms with Crippen LogP contribution >= 0.6 is 9.24 Å². The van der Waals surface area contributed by atoms with Crippen LogP contribution in [0.25, 0.3) is 22.3 Å². The summed E-state index contributed by atoms with van der Waals surface area (Å²) in [6.45, 7) is 2.12. The minimum atomic E-state index is 0.232. The van der Waals surface area contributed by atoms with Gasteiger partial charge in [-0.2, -0.15) is 0 Å². The van der Waals surface area contributed by atoms with Crippen molar-refractivity contribution in [3.63, 3.8) is 0 Å². The van der Waals surface area contributed by atoms with Crippen LogP contribution < -0.4 is 5.30 Å². The first-order valence-electron chi connectivity index (χ1n) is 7.60. The Labute approximate surface area is 138 Å². The molecule has 0 bridgehead atoms. The van der Waals surface area contributed by atoms with Crippen molar-refractivity contribution in [3.8, 4) is 33.8 Å². The third-order valence-corrected chi connectivity index (χ3v) is 4.65. The molecule has 0 spiro atoms. The van der Waals surface area contributed by atoms with Gasteiger partial charge in [0, 0.05) is 10.9 Å². The fourth-order valence-corrected chi connectivity index (χ4v) is 3.07. The Kier molecular flexibility index (Phi) is 4.36. The van der Waals surface area contributed by atoms with Gasteiger partial charge < -0.3 is 10.2 Å². The van der Waals surface area contributed by atoms with E-state index in [0.29, 0.717) is 0 Å². The summed E-state index contributed by atoms with van der Waals surface area (Å²) < 4.78 is 0. The van der Waals surface area contributed by atoms with Gasteiger partial charge in [-0.25, -0.2) is 0 Å². The molecule has 0 aliphatic heterocycles. The van der Waals surface area contributed by atoms with Gasteiger partial charge in [0.2, 0.25) is 0 Å². The van der Waals surface area contributed by atoms with Crippen LogP contribution in [-0.2, 0) is 6.42 Å². The Bertz CT molecular complexity index is 822. The molecule has 1 atom stereocenters. The van der Waals surface area contributed by atoms with E-state index >= 15 is 0 Å². The van der Waals surface area contributed by atoms with Crippen molar-refractivity contribution in [2.75, 3.05) is 0 Å². The Morgan fingerprint density at radius 1 is 0.739 bits per heavy atom. The summed E-state index contributed by atoms with van der Waals surface area (Å²) in [6, 6.07) is 19.2. The lowest BCUT2D eigenvalue weighted by molar-refractivity contribution is 0.475. The quantitative estimate of drug-likeness (QED) is 0.697. The highest BCUT2D eigenvalue weighted by molar-refractivity contribution is 7.28. The van der Waals surface area contributed by atoms with Gasteiger partial charge in [-0.1, -0.05) is 49.4 Å². The van der Waals surface area contributed by atoms with Crippen LogP contribution in [0.15, 0.2) is 60.7 Å². The van der Waals surface area contributed by atoms with Gasteiger partial charge in [0.15, 0.2) is 0 Å². The van der Waals surface area contributed by atoms with Crippen LogP contribution in [0, 0.1) is 0 Å². The summed E-state index contributed by atoms with van der Waals surface area (Å²) >= 11 is 0. The number of phenolic OH excluding ortho intramolecular Hbond substituents is 2. The number of benzene rings is 3. The molecule has 3 aromatic rings. The summed E-state index contributed by atoms with van der Waals surface area (Å²) in [5, 5.41) is 20.8. The summed E-state index contributed by atoms with van der Waals surface area (Å²) in [5.74, 6) is 0.501. The average Bonchev–Trinajstić information content (AvgIpc) is 2.58. The standard InChI is InChI=1S/C20H19O2P/c1-2-13-3-5-14(6-4-13)17-11-12-18(20(23)19(17)22)15-7-9-16(21)10-8-15/h3-12,21-22H,2,23H2,1H3. The second-order valence-electron chi connectivity index (χ2n) is 5.52. The molecule has 0 radical (unpaired) electrons. The van der Waals surface area contributed by atoms with E-state index in [0.717, 1.165) is 34.0 Å². The van der Waals surface area contributed by atoms with Gasteiger partial charge in [-0.3, -0.25) is 0 Å². The summed E-state index contributed by atoms with van der Waals surface area (Å²) in [6.07, 6.45) is 1.00. The molecular formula is C20H19O2P. The van der Waals surface area contributed by atoms with E-state index in [2.05, 4.69) is 28.3 Å². The Morgan fingerprint density at radius 3 is 1.87 bits per heavy atom. The maximum atomic E-state index is 10.6. The van der Waals surface area contributed by atoms with E-state index in [-0.39, 0.29) is 11.5 Å². The second-order valence-corrected chi connectivity index (χ2v) is 6.10. The number of aryl methyl sites for hydroxylation is 1. The topological polar surface area (TPSA) is 40.5 Å². The fraction of sp³-hybridized carbons (Fsp3) is 0.100. The highest BCUT2D eigenvalue weighted by Crippen LogP contribution is 2.33. The molecular weight excluding hydrogens is 303 g/mol. The first-order valence-corrected chi connectivity index (χ1v) is 8.18. The van der Waals surface area contributed by atoms with Crippen molar-refractivity contribution in [2.45, 2.75) is 13.3 Å². The van der Waals surface area contributed by atoms with Crippen molar-refractivity contribution in [2.24, 2.45) is 0 Å². The lowest BCUT2D eigenvalue weighted by Gasteiger charge is -2.13. The van der Waals surface area contributed by atoms with Crippen LogP contribution in [0.3, 0.4) is 0 Å². The van der Waals surface area contributed by atoms with Gasteiger partial charge in [-0.15, -0.1) is 9.24 Å². The first kappa shape index (κ1) is 15.6. The molecule has 0 aliphatic rings. The molecule has 0 amide bonds. The molecule has 2 N–H and O–H groups in total. The Morgan fingerprint density at radius 2 is 1.26 bits per heavy atom. The average molecular weight is 322 g/mol. The zero-order chi connectivity index (χ0) is 16.4. The third kappa shape index (κ3) is 3.09. The number of rotatable bonds is 3. The molecule has 3 aromatic carbocycles. The molecule has 3 heteroatoms. The van der Waals surface area contributed by atoms with Gasteiger partial charge in [0.1, 0.15) is 11.5 Å². The first-order chi connectivity index (χ1) is 11.1. The Hall–Kier alpha value is -2.31. The lowest BCUT2D eigenvalue weighted by Crippen LogP contribution is -1.99. The van der Waals surface area contributed by atoms with E-state index in [9.17, 15) is 10.2 Å². The van der Waals surface area contributed by atoms with E-state index in [4.69, 9.17) is 0 Å². The molecule has 2 nitrogen and oxygen atoms in total. The molecule has 3 rings (SSSR count).